The van der Waals surface area contributed by atoms with Gasteiger partial charge in [-0.15, -0.1) is 0 Å². The Morgan fingerprint density at radius 2 is 1.88 bits per heavy atom. The first-order chi connectivity index (χ1) is 8.33. The molecule has 1 aliphatic rings. The van der Waals surface area contributed by atoms with Crippen molar-refractivity contribution in [2.75, 3.05) is 13.2 Å². The number of ether oxygens (including phenoxy) is 2. The van der Waals surface area contributed by atoms with Crippen LogP contribution in [0.1, 0.15) is 12.1 Å². The number of nitrogens with zero attached hydrogens (tertiary/aromatic N) is 1. The molecule has 0 saturated heterocycles. The lowest BCUT2D eigenvalue weighted by molar-refractivity contribution is 0.297. The smallest absolute Gasteiger partial charge is 0.167 e. The summed E-state index contributed by atoms with van der Waals surface area (Å²) in [5.74, 6) is 2.31. The number of fused-ring (bicyclic) bond motifs is 1. The molecule has 17 heavy (non-hydrogen) atoms. The second-order valence-electron chi connectivity index (χ2n) is 4.04. The molecule has 0 unspecified atom stereocenters. The quantitative estimate of drug-likeness (QED) is 0.757. The summed E-state index contributed by atoms with van der Waals surface area (Å²) in [6.45, 7) is 3.29. The fourth-order valence-electron chi connectivity index (χ4n) is 1.82. The topological polar surface area (TPSA) is 44.5 Å². The van der Waals surface area contributed by atoms with Crippen LogP contribution in [-0.4, -0.2) is 18.4 Å². The van der Waals surface area contributed by atoms with E-state index in [1.165, 1.54) is 0 Å². The highest BCUT2D eigenvalue weighted by Gasteiger charge is 2.13. The molecule has 0 aliphatic carbocycles. The number of aromatic nitrogens is 1. The van der Waals surface area contributed by atoms with Gasteiger partial charge in [-0.25, -0.2) is 0 Å². The monoisotopic (exact) mass is 231 g/mol. The SMILES string of the molecule is Cc1cc(-c2ccc3c(c2)OCCCO3)on1. The Hall–Kier alpha value is -1.97. The van der Waals surface area contributed by atoms with Crippen molar-refractivity contribution >= 4 is 0 Å². The maximum Gasteiger partial charge on any atom is 0.167 e. The lowest BCUT2D eigenvalue weighted by Crippen LogP contribution is -1.97. The summed E-state index contributed by atoms with van der Waals surface area (Å²) in [4.78, 5) is 0. The molecule has 2 heterocycles. The number of benzene rings is 1. The molecule has 0 fully saturated rings. The molecule has 4 nitrogen and oxygen atoms in total. The van der Waals surface area contributed by atoms with Crippen molar-refractivity contribution in [1.82, 2.24) is 5.16 Å². The predicted octanol–water partition coefficient (Wildman–Crippen LogP) is 2.81. The van der Waals surface area contributed by atoms with Crippen LogP contribution in [0.2, 0.25) is 0 Å². The number of hydrogen-bond donors (Lipinski definition) is 0. The third-order valence-electron chi connectivity index (χ3n) is 2.66. The Balaban J connectivity index is 2.00. The summed E-state index contributed by atoms with van der Waals surface area (Å²) in [6, 6.07) is 7.70. The van der Waals surface area contributed by atoms with Gasteiger partial charge in [0.1, 0.15) is 0 Å². The minimum absolute atomic E-state index is 0.686. The highest BCUT2D eigenvalue weighted by atomic mass is 16.5. The van der Waals surface area contributed by atoms with Gasteiger partial charge in [-0.1, -0.05) is 5.16 Å². The van der Waals surface area contributed by atoms with Crippen LogP contribution in [0.5, 0.6) is 11.5 Å². The van der Waals surface area contributed by atoms with Crippen LogP contribution in [0.15, 0.2) is 28.8 Å². The van der Waals surface area contributed by atoms with Gasteiger partial charge in [-0.05, 0) is 25.1 Å². The molecule has 2 aromatic rings. The van der Waals surface area contributed by atoms with Crippen molar-refractivity contribution in [3.05, 3.63) is 30.0 Å². The Labute approximate surface area is 99.1 Å². The first-order valence-corrected chi connectivity index (χ1v) is 5.66. The van der Waals surface area contributed by atoms with E-state index in [1.807, 2.05) is 31.2 Å². The minimum Gasteiger partial charge on any atom is -0.490 e. The Morgan fingerprint density at radius 3 is 2.65 bits per heavy atom. The first-order valence-electron chi connectivity index (χ1n) is 5.66. The number of rotatable bonds is 1. The maximum absolute atomic E-state index is 5.63. The molecule has 0 radical (unpaired) electrons. The number of hydrogen-bond acceptors (Lipinski definition) is 4. The van der Waals surface area contributed by atoms with E-state index in [0.717, 1.165) is 34.9 Å². The molecule has 0 atom stereocenters. The summed E-state index contributed by atoms with van der Waals surface area (Å²) in [5, 5.41) is 3.88. The molecule has 1 aromatic heterocycles. The largest absolute Gasteiger partial charge is 0.490 e. The maximum atomic E-state index is 5.63. The zero-order valence-electron chi connectivity index (χ0n) is 9.60. The van der Waals surface area contributed by atoms with Crippen LogP contribution in [-0.2, 0) is 0 Å². The average Bonchev–Trinajstić information content (AvgIpc) is 2.64. The van der Waals surface area contributed by atoms with Crippen molar-refractivity contribution in [3.63, 3.8) is 0 Å². The van der Waals surface area contributed by atoms with Crippen molar-refractivity contribution in [3.8, 4) is 22.8 Å². The summed E-state index contributed by atoms with van der Waals surface area (Å²) >= 11 is 0. The summed E-state index contributed by atoms with van der Waals surface area (Å²) in [6.07, 6.45) is 0.908. The van der Waals surface area contributed by atoms with Crippen LogP contribution < -0.4 is 9.47 Å². The van der Waals surface area contributed by atoms with E-state index in [4.69, 9.17) is 14.0 Å². The highest BCUT2D eigenvalue weighted by molar-refractivity contribution is 5.62. The standard InChI is InChI=1S/C13H13NO3/c1-9-7-12(17-14-9)10-3-4-11-13(8-10)16-6-2-5-15-11/h3-4,7-8H,2,5-6H2,1H3. The van der Waals surface area contributed by atoms with Gasteiger partial charge in [0.15, 0.2) is 17.3 Å². The third kappa shape index (κ3) is 1.98. The predicted molar refractivity (Wildman–Crippen MR) is 62.3 cm³/mol. The molecule has 3 rings (SSSR count). The van der Waals surface area contributed by atoms with E-state index < -0.39 is 0 Å². The van der Waals surface area contributed by atoms with Gasteiger partial charge >= 0.3 is 0 Å². The third-order valence-corrected chi connectivity index (χ3v) is 2.66. The van der Waals surface area contributed by atoms with E-state index in [9.17, 15) is 0 Å². The lowest BCUT2D eigenvalue weighted by atomic mass is 10.1. The first kappa shape index (κ1) is 10.2. The molecule has 1 aromatic carbocycles. The van der Waals surface area contributed by atoms with Gasteiger partial charge in [0.05, 0.1) is 18.9 Å². The van der Waals surface area contributed by atoms with Crippen LogP contribution in [0.25, 0.3) is 11.3 Å². The van der Waals surface area contributed by atoms with Crippen molar-refractivity contribution in [2.24, 2.45) is 0 Å². The fourth-order valence-corrected chi connectivity index (χ4v) is 1.82. The normalized spacial score (nSPS) is 14.4. The fraction of sp³-hybridized carbons (Fsp3) is 0.308. The van der Waals surface area contributed by atoms with E-state index in [1.54, 1.807) is 0 Å². The average molecular weight is 231 g/mol. The highest BCUT2D eigenvalue weighted by Crippen LogP contribution is 2.34. The van der Waals surface area contributed by atoms with Gasteiger partial charge < -0.3 is 14.0 Å². The molecular weight excluding hydrogens is 218 g/mol. The summed E-state index contributed by atoms with van der Waals surface area (Å²) < 4.78 is 16.4. The zero-order chi connectivity index (χ0) is 11.7. The van der Waals surface area contributed by atoms with Crippen LogP contribution in [0.3, 0.4) is 0 Å². The van der Waals surface area contributed by atoms with Gasteiger partial charge in [0, 0.05) is 18.1 Å². The van der Waals surface area contributed by atoms with Crippen molar-refractivity contribution in [2.45, 2.75) is 13.3 Å². The molecule has 0 bridgehead atoms. The minimum atomic E-state index is 0.686. The zero-order valence-corrected chi connectivity index (χ0v) is 9.60. The summed E-state index contributed by atoms with van der Waals surface area (Å²) in [7, 11) is 0. The molecule has 88 valence electrons. The second-order valence-corrected chi connectivity index (χ2v) is 4.04. The molecule has 0 N–H and O–H groups in total. The van der Waals surface area contributed by atoms with Crippen molar-refractivity contribution < 1.29 is 14.0 Å². The second kappa shape index (κ2) is 4.13. The molecule has 1 aliphatic heterocycles. The Kier molecular flexibility index (Phi) is 2.48. The van der Waals surface area contributed by atoms with Gasteiger partial charge in [0.2, 0.25) is 0 Å². The molecular formula is C13H13NO3. The lowest BCUT2D eigenvalue weighted by Gasteiger charge is -2.07. The van der Waals surface area contributed by atoms with E-state index in [-0.39, 0.29) is 0 Å². The van der Waals surface area contributed by atoms with E-state index in [0.29, 0.717) is 13.2 Å². The van der Waals surface area contributed by atoms with Crippen molar-refractivity contribution in [1.29, 1.82) is 0 Å². The molecule has 0 amide bonds. The Morgan fingerprint density at radius 1 is 1.06 bits per heavy atom. The van der Waals surface area contributed by atoms with Gasteiger partial charge in [-0.3, -0.25) is 0 Å². The number of aryl methyl sites for hydroxylation is 1. The van der Waals surface area contributed by atoms with Crippen LogP contribution >= 0.6 is 0 Å². The Bertz CT molecular complexity index is 533. The van der Waals surface area contributed by atoms with E-state index >= 15 is 0 Å². The van der Waals surface area contributed by atoms with Crippen LogP contribution in [0, 0.1) is 6.92 Å². The summed E-state index contributed by atoms with van der Waals surface area (Å²) in [5.41, 5.74) is 1.82. The van der Waals surface area contributed by atoms with E-state index in [2.05, 4.69) is 5.16 Å². The van der Waals surface area contributed by atoms with Gasteiger partial charge in [0.25, 0.3) is 0 Å². The molecule has 0 spiro atoms. The molecule has 4 heteroatoms. The van der Waals surface area contributed by atoms with Gasteiger partial charge in [-0.2, -0.15) is 0 Å². The van der Waals surface area contributed by atoms with Crippen LogP contribution in [0.4, 0.5) is 0 Å². The molecule has 0 saturated carbocycles.